The van der Waals surface area contributed by atoms with E-state index in [-0.39, 0.29) is 65.7 Å². The van der Waals surface area contributed by atoms with Crippen molar-refractivity contribution in [3.05, 3.63) is 0 Å². The van der Waals surface area contributed by atoms with Gasteiger partial charge in [0.05, 0.1) is 13.0 Å². The van der Waals surface area contributed by atoms with Crippen LogP contribution in [0, 0.1) is 0 Å². The fourth-order valence-electron chi connectivity index (χ4n) is 1.95. The van der Waals surface area contributed by atoms with Crippen LogP contribution in [0.15, 0.2) is 0 Å². The van der Waals surface area contributed by atoms with Gasteiger partial charge in [-0.3, -0.25) is 14.1 Å². The molecular weight excluding hydrogens is 358 g/mol. The molecule has 0 rings (SSSR count). The molecule has 2 radical (unpaired) electrons. The molecule has 1 unspecified atom stereocenters. The third-order valence-corrected chi connectivity index (χ3v) is 4.34. The van der Waals surface area contributed by atoms with Crippen LogP contribution in [-0.4, -0.2) is 101 Å². The summed E-state index contributed by atoms with van der Waals surface area (Å²) in [5, 5.41) is 6.47. The van der Waals surface area contributed by atoms with Crippen LogP contribution in [0.25, 0.3) is 0 Å². The normalized spacial score (nSPS) is 11.8. The van der Waals surface area contributed by atoms with Gasteiger partial charge in [-0.25, -0.2) is 0 Å². The molecule has 0 saturated carbocycles. The average molecular weight is 384 g/mol. The third-order valence-electron chi connectivity index (χ3n) is 3.25. The van der Waals surface area contributed by atoms with Crippen molar-refractivity contribution in [3.63, 3.8) is 0 Å². The van der Waals surface area contributed by atoms with Gasteiger partial charge in [0.15, 0.2) is 5.25 Å². The Balaban J connectivity index is -0.00000220. The predicted octanol–water partition coefficient (Wildman–Crippen LogP) is 1.64. The van der Waals surface area contributed by atoms with E-state index in [1.54, 1.807) is 0 Å². The van der Waals surface area contributed by atoms with Gasteiger partial charge in [-0.1, -0.05) is 51.9 Å². The molecule has 10 heteroatoms. The van der Waals surface area contributed by atoms with Gasteiger partial charge in [0.25, 0.3) is 10.1 Å². The Morgan fingerprint density at radius 3 is 1.83 bits per heavy atom. The Hall–Kier alpha value is 0.850. The molecule has 0 amide bonds. The van der Waals surface area contributed by atoms with Crippen molar-refractivity contribution in [2.24, 2.45) is 0 Å². The second-order valence-electron chi connectivity index (χ2n) is 5.24. The molecule has 0 aromatic carbocycles. The van der Waals surface area contributed by atoms with Crippen LogP contribution >= 0.6 is 0 Å². The zero-order valence-corrected chi connectivity index (χ0v) is 19.8. The number of ether oxygens (including phenoxy) is 1. The summed E-state index contributed by atoms with van der Waals surface area (Å²) in [6, 6.07) is 0. The Labute approximate surface area is 188 Å². The van der Waals surface area contributed by atoms with E-state index in [4.69, 9.17) is 14.4 Å². The summed E-state index contributed by atoms with van der Waals surface area (Å²) in [7, 11) is -4.81. The quantitative estimate of drug-likeness (QED) is 0.214. The first-order valence-corrected chi connectivity index (χ1v) is 9.14. The zero-order chi connectivity index (χ0) is 17.0. The Bertz CT molecular complexity index is 440. The van der Waals surface area contributed by atoms with Gasteiger partial charge < -0.3 is 9.84 Å². The van der Waals surface area contributed by atoms with E-state index in [1.807, 2.05) is 0 Å². The van der Waals surface area contributed by atoms with E-state index in [9.17, 15) is 18.0 Å². The summed E-state index contributed by atoms with van der Waals surface area (Å²) < 4.78 is 35.1. The van der Waals surface area contributed by atoms with E-state index >= 15 is 0 Å². The van der Waals surface area contributed by atoms with Gasteiger partial charge in [0, 0.05) is 59.1 Å². The van der Waals surface area contributed by atoms with E-state index in [1.165, 1.54) is 25.7 Å². The fraction of sp³-hybridized carbons (Fsp3) is 0.857. The molecule has 0 aromatic heterocycles. The largest absolute Gasteiger partial charge is 0.480 e. The van der Waals surface area contributed by atoms with Crippen molar-refractivity contribution >= 4 is 81.2 Å². The number of carboxylic acids is 1. The third kappa shape index (κ3) is 16.3. The molecule has 1 atom stereocenters. The van der Waals surface area contributed by atoms with Crippen molar-refractivity contribution < 1.29 is 32.4 Å². The number of carbonyl (C=O) groups is 2. The minimum absolute atomic E-state index is 0. The number of esters is 1. The molecule has 132 valence electrons. The molecule has 0 fully saturated rings. The minimum atomic E-state index is -4.81. The molecule has 0 aromatic rings. The van der Waals surface area contributed by atoms with Crippen LogP contribution in [-0.2, 0) is 24.4 Å². The summed E-state index contributed by atoms with van der Waals surface area (Å²) in [5.41, 5.74) is 0. The molecule has 0 spiro atoms. The standard InChI is InChI=1S/C14H26O7S.2Na/c1-2-3-4-5-6-7-8-9-10-21-13(15)11-12(14(16)17)22(18,19)20;;/h12H,2-11H2,1H3,(H,16,17)(H,18,19,20);;. The summed E-state index contributed by atoms with van der Waals surface area (Å²) in [5.74, 6) is -2.71. The van der Waals surface area contributed by atoms with Crippen molar-refractivity contribution in [1.29, 1.82) is 0 Å². The monoisotopic (exact) mass is 384 g/mol. The number of hydrogen-bond donors (Lipinski definition) is 2. The maximum Gasteiger partial charge on any atom is 0.325 e. The first-order chi connectivity index (χ1) is 10.3. The van der Waals surface area contributed by atoms with Crippen LogP contribution in [0.4, 0.5) is 0 Å². The maximum atomic E-state index is 11.4. The molecule has 0 aliphatic carbocycles. The van der Waals surface area contributed by atoms with E-state index < -0.39 is 33.7 Å². The zero-order valence-electron chi connectivity index (χ0n) is 15.0. The molecule has 2 N–H and O–H groups in total. The van der Waals surface area contributed by atoms with Crippen molar-refractivity contribution in [2.45, 2.75) is 70.0 Å². The van der Waals surface area contributed by atoms with Crippen LogP contribution in [0.1, 0.15) is 64.7 Å². The maximum absolute atomic E-state index is 11.4. The van der Waals surface area contributed by atoms with Crippen LogP contribution in [0.5, 0.6) is 0 Å². The number of rotatable bonds is 13. The number of aliphatic carboxylic acids is 1. The van der Waals surface area contributed by atoms with E-state index in [0.717, 1.165) is 19.3 Å². The minimum Gasteiger partial charge on any atom is -0.480 e. The number of hydrogen-bond acceptors (Lipinski definition) is 5. The summed E-state index contributed by atoms with van der Waals surface area (Å²) in [4.78, 5) is 22.0. The Morgan fingerprint density at radius 2 is 1.42 bits per heavy atom. The molecule has 0 aliphatic heterocycles. The number of carbonyl (C=O) groups excluding carboxylic acids is 1. The van der Waals surface area contributed by atoms with Crippen molar-refractivity contribution in [3.8, 4) is 0 Å². The van der Waals surface area contributed by atoms with Gasteiger partial charge >= 0.3 is 11.9 Å². The molecule has 0 saturated heterocycles. The van der Waals surface area contributed by atoms with Crippen LogP contribution < -0.4 is 0 Å². The second kappa shape index (κ2) is 17.3. The van der Waals surface area contributed by atoms with Crippen molar-refractivity contribution in [1.82, 2.24) is 0 Å². The van der Waals surface area contributed by atoms with E-state index in [2.05, 4.69) is 6.92 Å². The molecule has 0 aliphatic rings. The summed E-state index contributed by atoms with van der Waals surface area (Å²) in [6.07, 6.45) is 7.74. The second-order valence-corrected chi connectivity index (χ2v) is 6.84. The van der Waals surface area contributed by atoms with Gasteiger partial charge in [-0.05, 0) is 6.42 Å². The van der Waals surface area contributed by atoms with E-state index in [0.29, 0.717) is 6.42 Å². The van der Waals surface area contributed by atoms with Crippen LogP contribution in [0.3, 0.4) is 0 Å². The smallest absolute Gasteiger partial charge is 0.325 e. The van der Waals surface area contributed by atoms with Crippen LogP contribution in [0.2, 0.25) is 0 Å². The number of carboxylic acid groups (broad SMARTS) is 1. The van der Waals surface area contributed by atoms with Crippen molar-refractivity contribution in [2.75, 3.05) is 6.61 Å². The fourth-order valence-corrected chi connectivity index (χ4v) is 2.55. The Kier molecular flexibility index (Phi) is 21.3. The summed E-state index contributed by atoms with van der Waals surface area (Å²) in [6.45, 7) is 2.29. The summed E-state index contributed by atoms with van der Waals surface area (Å²) >= 11 is 0. The molecular formula is C14H26Na2O7S. The van der Waals surface area contributed by atoms with Gasteiger partial charge in [0.2, 0.25) is 0 Å². The average Bonchev–Trinajstić information content (AvgIpc) is 2.41. The Morgan fingerprint density at radius 1 is 0.958 bits per heavy atom. The molecule has 0 heterocycles. The topological polar surface area (TPSA) is 118 Å². The number of unbranched alkanes of at least 4 members (excludes halogenated alkanes) is 7. The predicted molar refractivity (Wildman–Crippen MR) is 92.7 cm³/mol. The van der Waals surface area contributed by atoms with Gasteiger partial charge in [-0.2, -0.15) is 8.42 Å². The SMILES string of the molecule is CCCCCCCCCCOC(=O)CC(C(=O)O)S(=O)(=O)O.[Na].[Na]. The molecule has 24 heavy (non-hydrogen) atoms. The first-order valence-electron chi connectivity index (χ1n) is 7.63. The van der Waals surface area contributed by atoms with Gasteiger partial charge in [0.1, 0.15) is 0 Å². The van der Waals surface area contributed by atoms with Gasteiger partial charge in [-0.15, -0.1) is 0 Å². The molecule has 0 bridgehead atoms. The molecule has 7 nitrogen and oxygen atoms in total. The first kappa shape index (κ1) is 29.6.